The van der Waals surface area contributed by atoms with Crippen LogP contribution in [0.15, 0.2) is 0 Å². The van der Waals surface area contributed by atoms with Crippen LogP contribution in [0.3, 0.4) is 0 Å². The molecule has 1 aliphatic heterocycles. The average Bonchev–Trinajstić information content (AvgIpc) is 2.42. The van der Waals surface area contributed by atoms with Gasteiger partial charge in [0, 0.05) is 24.9 Å². The molecular formula is C13H28N2O4S2. The summed E-state index contributed by atoms with van der Waals surface area (Å²) in [5.41, 5.74) is 0. The van der Waals surface area contributed by atoms with Gasteiger partial charge in [0.1, 0.15) is 9.84 Å². The third-order valence-electron chi connectivity index (χ3n) is 3.86. The molecule has 0 bridgehead atoms. The van der Waals surface area contributed by atoms with Gasteiger partial charge in [-0.1, -0.05) is 13.3 Å². The molecule has 0 aromatic carbocycles. The summed E-state index contributed by atoms with van der Waals surface area (Å²) in [6.07, 6.45) is 4.76. The van der Waals surface area contributed by atoms with Gasteiger partial charge in [0.25, 0.3) is 0 Å². The van der Waals surface area contributed by atoms with E-state index in [4.69, 9.17) is 0 Å². The number of nitrogens with one attached hydrogen (secondary N) is 1. The Morgan fingerprint density at radius 1 is 1.19 bits per heavy atom. The zero-order valence-electron chi connectivity index (χ0n) is 13.2. The minimum absolute atomic E-state index is 0.0742. The summed E-state index contributed by atoms with van der Waals surface area (Å²) in [7, 11) is -6.79. The minimum atomic E-state index is -3.52. The van der Waals surface area contributed by atoms with E-state index in [0.717, 1.165) is 38.5 Å². The summed E-state index contributed by atoms with van der Waals surface area (Å²) in [5, 5.41) is 3.35. The first-order valence-corrected chi connectivity index (χ1v) is 11.2. The third kappa shape index (κ3) is 6.22. The molecule has 2 atom stereocenters. The first-order chi connectivity index (χ1) is 9.67. The Kier molecular flexibility index (Phi) is 7.09. The van der Waals surface area contributed by atoms with Gasteiger partial charge < -0.3 is 5.32 Å². The van der Waals surface area contributed by atoms with Crippen LogP contribution >= 0.6 is 0 Å². The molecule has 1 aliphatic rings. The van der Waals surface area contributed by atoms with Crippen LogP contribution < -0.4 is 5.32 Å². The highest BCUT2D eigenvalue weighted by Crippen LogP contribution is 2.23. The Bertz CT molecular complexity index is 516. The fourth-order valence-electron chi connectivity index (χ4n) is 2.66. The number of piperidine rings is 1. The van der Waals surface area contributed by atoms with E-state index in [9.17, 15) is 16.8 Å². The maximum atomic E-state index is 12.5. The van der Waals surface area contributed by atoms with Crippen LogP contribution in [0.5, 0.6) is 0 Å². The molecule has 1 rings (SSSR count). The van der Waals surface area contributed by atoms with Gasteiger partial charge >= 0.3 is 0 Å². The van der Waals surface area contributed by atoms with Crippen LogP contribution in [0.4, 0.5) is 0 Å². The van der Waals surface area contributed by atoms with Crippen LogP contribution in [-0.4, -0.2) is 64.1 Å². The van der Waals surface area contributed by atoms with E-state index < -0.39 is 19.9 Å². The second-order valence-corrected chi connectivity index (χ2v) is 10.2. The van der Waals surface area contributed by atoms with Crippen molar-refractivity contribution >= 4 is 19.9 Å². The molecule has 6 nitrogen and oxygen atoms in total. The van der Waals surface area contributed by atoms with Gasteiger partial charge in [-0.25, -0.2) is 16.8 Å². The van der Waals surface area contributed by atoms with E-state index in [-0.39, 0.29) is 23.6 Å². The predicted molar refractivity (Wildman–Crippen MR) is 85.6 cm³/mol. The standard InChI is InChI=1S/C13H28N2O4S2/c1-4-8-14-12(2)13-7-5-6-9-15(13)21(18,19)11-10-20(3,16)17/h12-14H,4-11H2,1-3H3. The smallest absolute Gasteiger partial charge is 0.215 e. The summed E-state index contributed by atoms with van der Waals surface area (Å²) in [6.45, 7) is 5.43. The average molecular weight is 341 g/mol. The normalized spacial score (nSPS) is 23.1. The molecular weight excluding hydrogens is 312 g/mol. The lowest BCUT2D eigenvalue weighted by Gasteiger charge is -2.38. The molecule has 0 aliphatic carbocycles. The molecule has 0 aromatic rings. The molecule has 1 saturated heterocycles. The topological polar surface area (TPSA) is 83.6 Å². The van der Waals surface area contributed by atoms with Crippen molar-refractivity contribution in [2.45, 2.75) is 51.6 Å². The first kappa shape index (κ1) is 18.9. The Morgan fingerprint density at radius 3 is 2.43 bits per heavy atom. The van der Waals surface area contributed by atoms with Crippen molar-refractivity contribution < 1.29 is 16.8 Å². The van der Waals surface area contributed by atoms with Crippen molar-refractivity contribution in [3.8, 4) is 0 Å². The van der Waals surface area contributed by atoms with E-state index in [1.807, 2.05) is 6.92 Å². The molecule has 1 heterocycles. The summed E-state index contributed by atoms with van der Waals surface area (Å²) >= 11 is 0. The molecule has 0 spiro atoms. The molecule has 8 heteroatoms. The first-order valence-electron chi connectivity index (χ1n) is 7.58. The largest absolute Gasteiger partial charge is 0.313 e. The van der Waals surface area contributed by atoms with Crippen molar-refractivity contribution in [3.05, 3.63) is 0 Å². The molecule has 0 aromatic heterocycles. The molecule has 1 fully saturated rings. The fourth-order valence-corrected chi connectivity index (χ4v) is 6.05. The van der Waals surface area contributed by atoms with Crippen LogP contribution in [-0.2, 0) is 19.9 Å². The second-order valence-electron chi connectivity index (χ2n) is 5.86. The summed E-state index contributed by atoms with van der Waals surface area (Å²) in [4.78, 5) is 0. The zero-order chi connectivity index (χ0) is 16.1. The molecule has 21 heavy (non-hydrogen) atoms. The number of hydrogen-bond acceptors (Lipinski definition) is 5. The molecule has 0 saturated carbocycles. The van der Waals surface area contributed by atoms with Crippen molar-refractivity contribution in [2.24, 2.45) is 0 Å². The minimum Gasteiger partial charge on any atom is -0.313 e. The Morgan fingerprint density at radius 2 is 1.86 bits per heavy atom. The number of hydrogen-bond donors (Lipinski definition) is 1. The summed E-state index contributed by atoms with van der Waals surface area (Å²) in [5.74, 6) is -0.627. The summed E-state index contributed by atoms with van der Waals surface area (Å²) < 4.78 is 48.9. The van der Waals surface area contributed by atoms with Gasteiger partial charge in [0.15, 0.2) is 0 Å². The van der Waals surface area contributed by atoms with Gasteiger partial charge in [0.05, 0.1) is 11.5 Å². The third-order valence-corrected chi connectivity index (χ3v) is 6.95. The summed E-state index contributed by atoms with van der Waals surface area (Å²) in [6, 6.07) is 0.00752. The van der Waals surface area contributed by atoms with Gasteiger partial charge in [-0.3, -0.25) is 0 Å². The SMILES string of the molecule is CCCNC(C)C1CCCCN1S(=O)(=O)CCS(C)(=O)=O. The van der Waals surface area contributed by atoms with E-state index in [2.05, 4.69) is 12.2 Å². The Hall–Kier alpha value is -0.180. The fraction of sp³-hybridized carbons (Fsp3) is 1.00. The van der Waals surface area contributed by atoms with E-state index in [1.54, 1.807) is 0 Å². The number of rotatable bonds is 8. The van der Waals surface area contributed by atoms with Crippen LogP contribution in [0.1, 0.15) is 39.5 Å². The highest BCUT2D eigenvalue weighted by Gasteiger charge is 2.35. The van der Waals surface area contributed by atoms with Crippen LogP contribution in [0.25, 0.3) is 0 Å². The lowest BCUT2D eigenvalue weighted by molar-refractivity contribution is 0.209. The molecule has 2 unspecified atom stereocenters. The van der Waals surface area contributed by atoms with Gasteiger partial charge in [-0.2, -0.15) is 4.31 Å². The second kappa shape index (κ2) is 7.89. The highest BCUT2D eigenvalue weighted by atomic mass is 32.2. The monoisotopic (exact) mass is 340 g/mol. The molecule has 0 amide bonds. The van der Waals surface area contributed by atoms with Crippen molar-refractivity contribution in [2.75, 3.05) is 30.9 Å². The Balaban J connectivity index is 2.79. The molecule has 1 N–H and O–H groups in total. The van der Waals surface area contributed by atoms with Crippen LogP contribution in [0, 0.1) is 0 Å². The predicted octanol–water partition coefficient (Wildman–Crippen LogP) is 0.603. The lowest BCUT2D eigenvalue weighted by atomic mass is 9.99. The number of nitrogens with zero attached hydrogens (tertiary/aromatic N) is 1. The number of sulfonamides is 1. The van der Waals surface area contributed by atoms with E-state index in [0.29, 0.717) is 6.54 Å². The Labute approximate surface area is 129 Å². The maximum absolute atomic E-state index is 12.5. The van der Waals surface area contributed by atoms with E-state index in [1.165, 1.54) is 4.31 Å². The van der Waals surface area contributed by atoms with E-state index >= 15 is 0 Å². The van der Waals surface area contributed by atoms with Crippen molar-refractivity contribution in [1.29, 1.82) is 0 Å². The quantitative estimate of drug-likeness (QED) is 0.700. The van der Waals surface area contributed by atoms with Gasteiger partial charge in [0.2, 0.25) is 10.0 Å². The lowest BCUT2D eigenvalue weighted by Crippen LogP contribution is -2.54. The zero-order valence-corrected chi connectivity index (χ0v) is 14.8. The molecule has 0 radical (unpaired) electrons. The number of sulfone groups is 1. The van der Waals surface area contributed by atoms with Crippen molar-refractivity contribution in [1.82, 2.24) is 9.62 Å². The molecule has 126 valence electrons. The van der Waals surface area contributed by atoms with Gasteiger partial charge in [-0.05, 0) is 32.7 Å². The highest BCUT2D eigenvalue weighted by molar-refractivity contribution is 7.93. The van der Waals surface area contributed by atoms with Crippen LogP contribution in [0.2, 0.25) is 0 Å². The van der Waals surface area contributed by atoms with Gasteiger partial charge in [-0.15, -0.1) is 0 Å². The maximum Gasteiger partial charge on any atom is 0.215 e. The van der Waals surface area contributed by atoms with Crippen molar-refractivity contribution in [3.63, 3.8) is 0 Å².